The Morgan fingerprint density at radius 1 is 0.500 bits per heavy atom. The number of aliphatic carboxylic acids is 1. The zero-order valence-electron chi connectivity index (χ0n) is 26.3. The van der Waals surface area contributed by atoms with Crippen molar-refractivity contribution in [2.75, 3.05) is 0 Å². The zero-order chi connectivity index (χ0) is 27.8. The fourth-order valence-corrected chi connectivity index (χ4v) is 5.66. The third-order valence-corrected chi connectivity index (χ3v) is 8.28. The van der Waals surface area contributed by atoms with Gasteiger partial charge in [-0.15, -0.1) is 0 Å². The fourth-order valence-electron chi connectivity index (χ4n) is 5.66. The summed E-state index contributed by atoms with van der Waals surface area (Å²) in [6, 6.07) is 0. The van der Waals surface area contributed by atoms with Gasteiger partial charge in [0.15, 0.2) is 0 Å². The summed E-state index contributed by atoms with van der Waals surface area (Å²) in [4.78, 5) is 10.6. The van der Waals surface area contributed by atoms with E-state index in [-0.39, 0.29) is 0 Å². The van der Waals surface area contributed by atoms with Gasteiger partial charge >= 0.3 is 5.97 Å². The summed E-state index contributed by atoms with van der Waals surface area (Å²) in [5.41, 5.74) is 0. The number of hydrogen-bond acceptors (Lipinski definition) is 1. The molecule has 0 bridgehead atoms. The molecule has 0 saturated heterocycles. The Morgan fingerprint density at radius 2 is 0.842 bits per heavy atom. The maximum atomic E-state index is 10.6. The molecule has 2 nitrogen and oxygen atoms in total. The predicted octanol–water partition coefficient (Wildman–Crippen LogP) is 13.0. The number of carbonyl (C=O) groups is 1. The van der Waals surface area contributed by atoms with Crippen LogP contribution in [0.2, 0.25) is 0 Å². The molecule has 0 amide bonds. The second-order valence-electron chi connectivity index (χ2n) is 12.2. The first-order chi connectivity index (χ1) is 18.7. The quantitative estimate of drug-likeness (QED) is 0.0688. The fraction of sp³-hybridized carbons (Fsp3) is 0.917. The van der Waals surface area contributed by atoms with Crippen molar-refractivity contribution >= 4 is 5.97 Å². The van der Waals surface area contributed by atoms with Crippen molar-refractivity contribution in [3.8, 4) is 0 Å². The van der Waals surface area contributed by atoms with E-state index in [1.807, 2.05) is 0 Å². The Kier molecular flexibility index (Phi) is 31.7. The molecule has 0 aliphatic heterocycles. The average Bonchev–Trinajstić information content (AvgIpc) is 2.91. The van der Waals surface area contributed by atoms with E-state index in [1.54, 1.807) is 0 Å². The van der Waals surface area contributed by atoms with Crippen LogP contribution in [0.1, 0.15) is 206 Å². The molecule has 0 radical (unpaired) electrons. The summed E-state index contributed by atoms with van der Waals surface area (Å²) >= 11 is 0. The number of hydrogen-bond donors (Lipinski definition) is 1. The summed E-state index contributed by atoms with van der Waals surface area (Å²) < 4.78 is 0. The standard InChI is InChI=1S/C36H70O2/c1-3-5-7-9-10-11-12-13-14-15-16-17-18-20-24-28-32-35(31-27-23-8-6-4-2)33-29-25-21-19-22-26-30-34-36(37)38/h28,32,35H,3-27,29-31,33-34H2,1-2H3,(H,37,38). The van der Waals surface area contributed by atoms with Gasteiger partial charge in [-0.25, -0.2) is 0 Å². The predicted molar refractivity (Wildman–Crippen MR) is 170 cm³/mol. The maximum Gasteiger partial charge on any atom is 0.303 e. The Balaban J connectivity index is 3.78. The average molecular weight is 535 g/mol. The molecule has 0 aromatic heterocycles. The second kappa shape index (κ2) is 32.4. The first-order valence-electron chi connectivity index (χ1n) is 17.6. The first-order valence-corrected chi connectivity index (χ1v) is 17.6. The van der Waals surface area contributed by atoms with E-state index in [0.29, 0.717) is 6.42 Å². The van der Waals surface area contributed by atoms with Gasteiger partial charge in [0.2, 0.25) is 0 Å². The minimum absolute atomic E-state index is 0.339. The summed E-state index contributed by atoms with van der Waals surface area (Å²) in [7, 11) is 0. The van der Waals surface area contributed by atoms with E-state index in [9.17, 15) is 4.79 Å². The smallest absolute Gasteiger partial charge is 0.303 e. The lowest BCUT2D eigenvalue weighted by Crippen LogP contribution is -1.98. The molecule has 1 unspecified atom stereocenters. The molecule has 0 fully saturated rings. The molecule has 1 N–H and O–H groups in total. The lowest BCUT2D eigenvalue weighted by Gasteiger charge is -2.13. The molecule has 0 aromatic rings. The summed E-state index contributed by atoms with van der Waals surface area (Å²) in [5.74, 6) is 0.141. The van der Waals surface area contributed by atoms with Crippen molar-refractivity contribution in [2.45, 2.75) is 206 Å². The van der Waals surface area contributed by atoms with Gasteiger partial charge in [-0.3, -0.25) is 4.79 Å². The summed E-state index contributed by atoms with van der Waals surface area (Å²) in [6.07, 6.45) is 44.9. The normalized spacial score (nSPS) is 12.5. The van der Waals surface area contributed by atoms with E-state index in [1.165, 1.54) is 173 Å². The Labute approximate surface area is 240 Å². The minimum Gasteiger partial charge on any atom is -0.481 e. The number of allylic oxidation sites excluding steroid dienone is 2. The maximum absolute atomic E-state index is 10.6. The van der Waals surface area contributed by atoms with Crippen molar-refractivity contribution in [2.24, 2.45) is 5.92 Å². The van der Waals surface area contributed by atoms with Crippen LogP contribution >= 0.6 is 0 Å². The Hall–Kier alpha value is -0.790. The van der Waals surface area contributed by atoms with E-state index in [2.05, 4.69) is 26.0 Å². The largest absolute Gasteiger partial charge is 0.481 e. The molecule has 226 valence electrons. The highest BCUT2D eigenvalue weighted by Crippen LogP contribution is 2.21. The molecule has 0 saturated carbocycles. The molecule has 0 aliphatic carbocycles. The molecular formula is C36H70O2. The van der Waals surface area contributed by atoms with E-state index in [4.69, 9.17) is 5.11 Å². The Morgan fingerprint density at radius 3 is 1.24 bits per heavy atom. The van der Waals surface area contributed by atoms with Gasteiger partial charge in [0, 0.05) is 6.42 Å². The van der Waals surface area contributed by atoms with Gasteiger partial charge in [-0.2, -0.15) is 0 Å². The van der Waals surface area contributed by atoms with Crippen LogP contribution in [0, 0.1) is 5.92 Å². The third kappa shape index (κ3) is 31.4. The van der Waals surface area contributed by atoms with Crippen molar-refractivity contribution in [3.63, 3.8) is 0 Å². The van der Waals surface area contributed by atoms with Gasteiger partial charge in [-0.1, -0.05) is 180 Å². The number of carboxylic acids is 1. The van der Waals surface area contributed by atoms with E-state index in [0.717, 1.165) is 18.8 Å². The van der Waals surface area contributed by atoms with E-state index >= 15 is 0 Å². The Bertz CT molecular complexity index is 484. The minimum atomic E-state index is -0.650. The highest BCUT2D eigenvalue weighted by atomic mass is 16.4. The summed E-state index contributed by atoms with van der Waals surface area (Å²) in [6.45, 7) is 4.60. The molecule has 0 spiro atoms. The number of unbranched alkanes of at least 4 members (excludes halogenated alkanes) is 24. The first kappa shape index (κ1) is 37.2. The van der Waals surface area contributed by atoms with Gasteiger partial charge in [0.05, 0.1) is 0 Å². The molecule has 0 heterocycles. The van der Waals surface area contributed by atoms with Crippen molar-refractivity contribution < 1.29 is 9.90 Å². The van der Waals surface area contributed by atoms with Crippen LogP contribution in [0.4, 0.5) is 0 Å². The van der Waals surface area contributed by atoms with Gasteiger partial charge in [0.25, 0.3) is 0 Å². The van der Waals surface area contributed by atoms with Crippen LogP contribution < -0.4 is 0 Å². The zero-order valence-corrected chi connectivity index (χ0v) is 26.3. The van der Waals surface area contributed by atoms with E-state index < -0.39 is 5.97 Å². The molecule has 0 aromatic carbocycles. The van der Waals surface area contributed by atoms with Crippen molar-refractivity contribution in [1.29, 1.82) is 0 Å². The van der Waals surface area contributed by atoms with Crippen molar-refractivity contribution in [1.82, 2.24) is 0 Å². The van der Waals surface area contributed by atoms with Crippen LogP contribution in [0.15, 0.2) is 12.2 Å². The van der Waals surface area contributed by atoms with Crippen LogP contribution in [0.25, 0.3) is 0 Å². The number of rotatable bonds is 32. The SMILES string of the molecule is CCCCCCCCCCCCCCCCC=CC(CCCCCCC)CCCCCCCCCC(=O)O. The second-order valence-corrected chi connectivity index (χ2v) is 12.2. The number of carboxylic acid groups (broad SMARTS) is 1. The molecule has 1 atom stereocenters. The lowest BCUT2D eigenvalue weighted by atomic mass is 9.93. The van der Waals surface area contributed by atoms with Crippen molar-refractivity contribution in [3.05, 3.63) is 12.2 Å². The molecule has 0 rings (SSSR count). The monoisotopic (exact) mass is 535 g/mol. The molecule has 2 heteroatoms. The molecule has 38 heavy (non-hydrogen) atoms. The summed E-state index contributed by atoms with van der Waals surface area (Å²) in [5, 5.41) is 8.72. The lowest BCUT2D eigenvalue weighted by molar-refractivity contribution is -0.137. The molecule has 0 aliphatic rings. The van der Waals surface area contributed by atoms with Crippen LogP contribution in [-0.4, -0.2) is 11.1 Å². The van der Waals surface area contributed by atoms with Gasteiger partial charge in [-0.05, 0) is 38.0 Å². The van der Waals surface area contributed by atoms with Crippen LogP contribution in [0.5, 0.6) is 0 Å². The third-order valence-electron chi connectivity index (χ3n) is 8.28. The van der Waals surface area contributed by atoms with Gasteiger partial charge in [0.1, 0.15) is 0 Å². The van der Waals surface area contributed by atoms with Crippen LogP contribution in [-0.2, 0) is 4.79 Å². The van der Waals surface area contributed by atoms with Crippen LogP contribution in [0.3, 0.4) is 0 Å². The highest BCUT2D eigenvalue weighted by molar-refractivity contribution is 5.66. The van der Waals surface area contributed by atoms with Gasteiger partial charge < -0.3 is 5.11 Å². The highest BCUT2D eigenvalue weighted by Gasteiger charge is 2.05. The molecular weight excluding hydrogens is 464 g/mol. The topological polar surface area (TPSA) is 37.3 Å².